The van der Waals surface area contributed by atoms with Gasteiger partial charge in [-0.15, -0.1) is 0 Å². The molecule has 1 aliphatic heterocycles. The van der Waals surface area contributed by atoms with Crippen LogP contribution in [0.1, 0.15) is 33.1 Å². The summed E-state index contributed by atoms with van der Waals surface area (Å²) in [7, 11) is 0. The fourth-order valence-corrected chi connectivity index (χ4v) is 3.99. The zero-order valence-electron chi connectivity index (χ0n) is 8.75. The van der Waals surface area contributed by atoms with Gasteiger partial charge in [0.1, 0.15) is 0 Å². The highest BCUT2D eigenvalue weighted by atomic mass is 32.2. The molecule has 1 nitrogen and oxygen atoms in total. The molecule has 2 N–H and O–H groups in total. The predicted octanol–water partition coefficient (Wildman–Crippen LogP) is 2.50. The molecule has 0 aromatic carbocycles. The smallest absolute Gasteiger partial charge is 0.0218 e. The Morgan fingerprint density at radius 2 is 1.92 bits per heavy atom. The molecule has 0 amide bonds. The van der Waals surface area contributed by atoms with Crippen molar-refractivity contribution in [3.63, 3.8) is 0 Å². The molecule has 1 heterocycles. The van der Waals surface area contributed by atoms with Crippen LogP contribution in [0.3, 0.4) is 0 Å². The van der Waals surface area contributed by atoms with Crippen molar-refractivity contribution in [3.8, 4) is 0 Å². The summed E-state index contributed by atoms with van der Waals surface area (Å²) >= 11 is 2.10. The predicted molar refractivity (Wildman–Crippen MR) is 59.9 cm³/mol. The van der Waals surface area contributed by atoms with Gasteiger partial charge in [-0.3, -0.25) is 0 Å². The molecular weight excluding hydrogens is 178 g/mol. The fourth-order valence-electron chi connectivity index (χ4n) is 2.88. The summed E-state index contributed by atoms with van der Waals surface area (Å²) in [5.74, 6) is 5.13. The highest BCUT2D eigenvalue weighted by Crippen LogP contribution is 2.54. The highest BCUT2D eigenvalue weighted by molar-refractivity contribution is 7.99. The van der Waals surface area contributed by atoms with Crippen molar-refractivity contribution in [2.24, 2.45) is 23.5 Å². The molecular formula is C11H21NS. The first-order chi connectivity index (χ1) is 6.14. The topological polar surface area (TPSA) is 26.0 Å². The van der Waals surface area contributed by atoms with Crippen molar-refractivity contribution in [1.82, 2.24) is 0 Å². The van der Waals surface area contributed by atoms with Crippen LogP contribution in [0, 0.1) is 17.8 Å². The zero-order valence-corrected chi connectivity index (χ0v) is 9.57. The Bertz CT molecular complexity index is 187. The van der Waals surface area contributed by atoms with E-state index in [9.17, 15) is 0 Å². The van der Waals surface area contributed by atoms with Crippen LogP contribution in [0.2, 0.25) is 0 Å². The average molecular weight is 199 g/mol. The van der Waals surface area contributed by atoms with E-state index in [0.717, 1.165) is 17.8 Å². The molecule has 1 saturated heterocycles. The average Bonchev–Trinajstić information content (AvgIpc) is 2.82. The molecule has 2 heteroatoms. The number of hydrogen-bond acceptors (Lipinski definition) is 2. The molecule has 2 atom stereocenters. The Labute approximate surface area is 85.8 Å². The lowest BCUT2D eigenvalue weighted by Gasteiger charge is -2.29. The minimum atomic E-state index is 0.245. The maximum Gasteiger partial charge on any atom is 0.0218 e. The van der Waals surface area contributed by atoms with Crippen molar-refractivity contribution >= 4 is 11.8 Å². The van der Waals surface area contributed by atoms with Crippen LogP contribution in [-0.4, -0.2) is 17.0 Å². The molecule has 0 aromatic rings. The lowest BCUT2D eigenvalue weighted by molar-refractivity contribution is 0.328. The van der Waals surface area contributed by atoms with Gasteiger partial charge in [0, 0.05) is 5.54 Å². The number of rotatable bonds is 2. The molecule has 13 heavy (non-hydrogen) atoms. The Hall–Kier alpha value is 0.310. The Balaban J connectivity index is 1.93. The van der Waals surface area contributed by atoms with Gasteiger partial charge >= 0.3 is 0 Å². The van der Waals surface area contributed by atoms with Crippen LogP contribution in [0.15, 0.2) is 0 Å². The van der Waals surface area contributed by atoms with Crippen LogP contribution in [0.5, 0.6) is 0 Å². The third-order valence-corrected chi connectivity index (χ3v) is 4.94. The van der Waals surface area contributed by atoms with Crippen molar-refractivity contribution in [3.05, 3.63) is 0 Å². The first kappa shape index (κ1) is 9.85. The van der Waals surface area contributed by atoms with Gasteiger partial charge in [-0.1, -0.05) is 13.8 Å². The van der Waals surface area contributed by atoms with Crippen molar-refractivity contribution in [2.75, 3.05) is 11.5 Å². The number of hydrogen-bond donors (Lipinski definition) is 1. The molecule has 1 aliphatic carbocycles. The van der Waals surface area contributed by atoms with E-state index in [1.807, 2.05) is 0 Å². The van der Waals surface area contributed by atoms with Gasteiger partial charge < -0.3 is 5.73 Å². The van der Waals surface area contributed by atoms with Crippen molar-refractivity contribution < 1.29 is 0 Å². The van der Waals surface area contributed by atoms with E-state index < -0.39 is 0 Å². The Morgan fingerprint density at radius 3 is 2.38 bits per heavy atom. The molecule has 0 aromatic heterocycles. The van der Waals surface area contributed by atoms with Gasteiger partial charge in [0.25, 0.3) is 0 Å². The van der Waals surface area contributed by atoms with E-state index in [0.29, 0.717) is 0 Å². The fraction of sp³-hybridized carbons (Fsp3) is 1.00. The van der Waals surface area contributed by atoms with Crippen molar-refractivity contribution in [2.45, 2.75) is 38.6 Å². The summed E-state index contributed by atoms with van der Waals surface area (Å²) in [6, 6.07) is 0. The SMILES string of the molecule is CC(C)C1CC1(N)C1CCSCC1. The monoisotopic (exact) mass is 199 g/mol. The summed E-state index contributed by atoms with van der Waals surface area (Å²) in [5.41, 5.74) is 6.70. The minimum Gasteiger partial charge on any atom is -0.325 e. The van der Waals surface area contributed by atoms with Crippen LogP contribution >= 0.6 is 11.8 Å². The third kappa shape index (κ3) is 1.75. The molecule has 0 bridgehead atoms. The minimum absolute atomic E-state index is 0.245. The van der Waals surface area contributed by atoms with Crippen LogP contribution in [0.25, 0.3) is 0 Å². The summed E-state index contributed by atoms with van der Waals surface area (Å²) in [5, 5.41) is 0. The molecule has 0 radical (unpaired) electrons. The molecule has 0 spiro atoms. The second kappa shape index (κ2) is 3.47. The van der Waals surface area contributed by atoms with Crippen LogP contribution in [0.4, 0.5) is 0 Å². The van der Waals surface area contributed by atoms with Gasteiger partial charge in [-0.2, -0.15) is 11.8 Å². The van der Waals surface area contributed by atoms with Gasteiger partial charge in [-0.05, 0) is 48.5 Å². The number of nitrogens with two attached hydrogens (primary N) is 1. The zero-order chi connectivity index (χ0) is 9.47. The molecule has 1 saturated carbocycles. The van der Waals surface area contributed by atoms with Crippen LogP contribution in [-0.2, 0) is 0 Å². The van der Waals surface area contributed by atoms with Crippen LogP contribution < -0.4 is 5.73 Å². The first-order valence-corrected chi connectivity index (χ1v) is 6.66. The molecule has 2 unspecified atom stereocenters. The summed E-state index contributed by atoms with van der Waals surface area (Å²) in [6.45, 7) is 4.63. The summed E-state index contributed by atoms with van der Waals surface area (Å²) in [4.78, 5) is 0. The van der Waals surface area contributed by atoms with E-state index in [-0.39, 0.29) is 5.54 Å². The molecule has 76 valence electrons. The van der Waals surface area contributed by atoms with Gasteiger partial charge in [0.15, 0.2) is 0 Å². The Kier molecular flexibility index (Phi) is 2.63. The molecule has 2 fully saturated rings. The third-order valence-electron chi connectivity index (χ3n) is 3.89. The first-order valence-electron chi connectivity index (χ1n) is 5.51. The summed E-state index contributed by atoms with van der Waals surface area (Å²) < 4.78 is 0. The van der Waals surface area contributed by atoms with E-state index in [2.05, 4.69) is 25.6 Å². The van der Waals surface area contributed by atoms with E-state index >= 15 is 0 Å². The second-order valence-electron chi connectivity index (χ2n) is 5.05. The highest BCUT2D eigenvalue weighted by Gasteiger charge is 2.56. The standard InChI is InChI=1S/C11H21NS/c1-8(2)10-7-11(10,12)9-3-5-13-6-4-9/h8-10H,3-7,12H2,1-2H3. The lowest BCUT2D eigenvalue weighted by atomic mass is 9.88. The van der Waals surface area contributed by atoms with E-state index in [4.69, 9.17) is 5.73 Å². The Morgan fingerprint density at radius 1 is 1.31 bits per heavy atom. The molecule has 2 rings (SSSR count). The normalized spacial score (nSPS) is 41.1. The quantitative estimate of drug-likeness (QED) is 0.739. The molecule has 2 aliphatic rings. The van der Waals surface area contributed by atoms with Gasteiger partial charge in [0.2, 0.25) is 0 Å². The van der Waals surface area contributed by atoms with Crippen molar-refractivity contribution in [1.29, 1.82) is 0 Å². The number of thioether (sulfide) groups is 1. The van der Waals surface area contributed by atoms with Gasteiger partial charge in [0.05, 0.1) is 0 Å². The van der Waals surface area contributed by atoms with E-state index in [1.165, 1.54) is 30.8 Å². The maximum atomic E-state index is 6.46. The van der Waals surface area contributed by atoms with Gasteiger partial charge in [-0.25, -0.2) is 0 Å². The lowest BCUT2D eigenvalue weighted by Crippen LogP contribution is -2.38. The summed E-state index contributed by atoms with van der Waals surface area (Å²) in [6.07, 6.45) is 4.02. The maximum absolute atomic E-state index is 6.46. The van der Waals surface area contributed by atoms with E-state index in [1.54, 1.807) is 0 Å². The largest absolute Gasteiger partial charge is 0.325 e. The second-order valence-corrected chi connectivity index (χ2v) is 6.28.